The van der Waals surface area contributed by atoms with Crippen molar-refractivity contribution in [3.8, 4) is 0 Å². The fraction of sp³-hybridized carbons (Fsp3) is 0.105. The van der Waals surface area contributed by atoms with E-state index in [0.29, 0.717) is 12.1 Å². The fourth-order valence-electron chi connectivity index (χ4n) is 2.63. The lowest BCUT2D eigenvalue weighted by Crippen LogP contribution is -2.31. The van der Waals surface area contributed by atoms with Crippen LogP contribution in [0.1, 0.15) is 33.2 Å². The number of hydrogen-bond acceptors (Lipinski definition) is 3. The van der Waals surface area contributed by atoms with Gasteiger partial charge in [-0.3, -0.25) is 14.6 Å². The monoisotopic (exact) mass is 409 g/mol. The van der Waals surface area contributed by atoms with Gasteiger partial charge in [-0.15, -0.1) is 0 Å². The molecule has 2 heterocycles. The quantitative estimate of drug-likeness (QED) is 0.647. The van der Waals surface area contributed by atoms with Gasteiger partial charge in [-0.2, -0.15) is 13.2 Å². The van der Waals surface area contributed by atoms with Crippen LogP contribution in [0, 0.1) is 11.6 Å². The molecule has 3 aromatic rings. The van der Waals surface area contributed by atoms with Crippen molar-refractivity contribution in [1.29, 1.82) is 0 Å². The molecule has 0 aliphatic heterocycles. The maximum absolute atomic E-state index is 14.3. The van der Waals surface area contributed by atoms with Crippen LogP contribution < -0.4 is 10.9 Å². The van der Waals surface area contributed by atoms with Crippen LogP contribution >= 0.6 is 0 Å². The maximum atomic E-state index is 14.3. The highest BCUT2D eigenvalue weighted by Gasteiger charge is 2.33. The zero-order valence-electron chi connectivity index (χ0n) is 14.4. The third-order valence-electron chi connectivity index (χ3n) is 3.96. The number of benzene rings is 1. The second kappa shape index (κ2) is 7.82. The van der Waals surface area contributed by atoms with Crippen molar-refractivity contribution in [2.24, 2.45) is 0 Å². The number of H-pyrrole nitrogens is 1. The highest BCUT2D eigenvalue weighted by atomic mass is 19.4. The van der Waals surface area contributed by atoms with Crippen molar-refractivity contribution >= 4 is 5.91 Å². The van der Waals surface area contributed by atoms with Crippen molar-refractivity contribution in [3.05, 3.63) is 99.2 Å². The van der Waals surface area contributed by atoms with Gasteiger partial charge >= 0.3 is 6.18 Å². The number of rotatable bonds is 4. The molecule has 0 saturated carbocycles. The van der Waals surface area contributed by atoms with Crippen LogP contribution in [0.5, 0.6) is 0 Å². The van der Waals surface area contributed by atoms with E-state index >= 15 is 0 Å². The molecular formula is C19H12F5N3O2. The van der Waals surface area contributed by atoms with E-state index in [1.165, 1.54) is 18.3 Å². The molecule has 0 fully saturated rings. The molecule has 1 amide bonds. The second-order valence-electron chi connectivity index (χ2n) is 5.99. The molecule has 0 unspecified atom stereocenters. The molecule has 0 saturated heterocycles. The maximum Gasteiger partial charge on any atom is 0.416 e. The molecule has 1 aromatic carbocycles. The van der Waals surface area contributed by atoms with Crippen molar-refractivity contribution in [3.63, 3.8) is 0 Å². The molecule has 5 nitrogen and oxygen atoms in total. The average Bonchev–Trinajstić information content (AvgIpc) is 2.66. The first-order chi connectivity index (χ1) is 13.6. The molecule has 10 heteroatoms. The zero-order chi connectivity index (χ0) is 21.2. The van der Waals surface area contributed by atoms with Gasteiger partial charge in [-0.25, -0.2) is 8.78 Å². The Bertz CT molecular complexity index is 1090. The lowest BCUT2D eigenvalue weighted by molar-refractivity contribution is -0.137. The Labute approximate surface area is 160 Å². The van der Waals surface area contributed by atoms with E-state index in [9.17, 15) is 31.5 Å². The number of alkyl halides is 3. The summed E-state index contributed by atoms with van der Waals surface area (Å²) in [4.78, 5) is 29.7. The normalized spacial score (nSPS) is 12.4. The number of halogens is 5. The van der Waals surface area contributed by atoms with E-state index in [2.05, 4.69) is 15.3 Å². The first-order valence-electron chi connectivity index (χ1n) is 8.13. The van der Waals surface area contributed by atoms with E-state index in [0.717, 1.165) is 24.4 Å². The largest absolute Gasteiger partial charge is 0.416 e. The summed E-state index contributed by atoms with van der Waals surface area (Å²) in [6.45, 7) is 0. The van der Waals surface area contributed by atoms with Crippen molar-refractivity contribution in [2.75, 3.05) is 0 Å². The van der Waals surface area contributed by atoms with Gasteiger partial charge in [0.25, 0.3) is 5.91 Å². The number of pyridine rings is 2. The zero-order valence-corrected chi connectivity index (χ0v) is 14.4. The number of hydrogen-bond donors (Lipinski definition) is 2. The third kappa shape index (κ3) is 4.65. The number of aromatic nitrogens is 2. The summed E-state index contributed by atoms with van der Waals surface area (Å²) in [6, 6.07) is 4.63. The first-order valence-corrected chi connectivity index (χ1v) is 8.13. The van der Waals surface area contributed by atoms with Crippen molar-refractivity contribution < 1.29 is 26.7 Å². The molecule has 1 atom stereocenters. The standard InChI is InChI=1S/C19H12F5N3O2/c20-13-7-11(6-12(8-13)19(22,23)24)16(17-14(21)2-1-5-25-17)27-18(29)10-3-4-15(28)26-9-10/h1-9,16H,(H,26,28)(H,27,29)/t16-/m0/s1. The van der Waals surface area contributed by atoms with Crippen LogP contribution in [0.2, 0.25) is 0 Å². The molecule has 29 heavy (non-hydrogen) atoms. The van der Waals surface area contributed by atoms with Crippen LogP contribution in [0.15, 0.2) is 59.7 Å². The van der Waals surface area contributed by atoms with Gasteiger partial charge in [-0.1, -0.05) is 0 Å². The lowest BCUT2D eigenvalue weighted by atomic mass is 9.99. The minimum absolute atomic E-state index is 0.0432. The summed E-state index contributed by atoms with van der Waals surface area (Å²) in [5.74, 6) is -2.96. The first kappa shape index (κ1) is 20.2. The number of amides is 1. The van der Waals surface area contributed by atoms with Crippen LogP contribution in [0.3, 0.4) is 0 Å². The predicted octanol–water partition coefficient (Wildman–Crippen LogP) is 3.59. The highest BCUT2D eigenvalue weighted by Crippen LogP contribution is 2.33. The minimum atomic E-state index is -4.85. The lowest BCUT2D eigenvalue weighted by Gasteiger charge is -2.21. The number of nitrogens with one attached hydrogen (secondary N) is 2. The van der Waals surface area contributed by atoms with E-state index in [1.807, 2.05) is 0 Å². The molecular weight excluding hydrogens is 397 g/mol. The summed E-state index contributed by atoms with van der Waals surface area (Å²) >= 11 is 0. The Hall–Kier alpha value is -3.56. The molecule has 0 aliphatic carbocycles. The van der Waals surface area contributed by atoms with Crippen LogP contribution in [0.25, 0.3) is 0 Å². The second-order valence-corrected chi connectivity index (χ2v) is 5.99. The van der Waals surface area contributed by atoms with E-state index in [1.54, 1.807) is 0 Å². The summed E-state index contributed by atoms with van der Waals surface area (Å²) in [5, 5.41) is 2.33. The SMILES string of the molecule is O=C(N[C@@H](c1cc(F)cc(C(F)(F)F)c1)c1ncccc1F)c1ccc(=O)[nH]c1. The third-order valence-corrected chi connectivity index (χ3v) is 3.96. The van der Waals surface area contributed by atoms with Crippen molar-refractivity contribution in [1.82, 2.24) is 15.3 Å². The Balaban J connectivity index is 2.08. The fourth-order valence-corrected chi connectivity index (χ4v) is 2.63. The van der Waals surface area contributed by atoms with Gasteiger partial charge in [0.1, 0.15) is 17.3 Å². The Morgan fingerprint density at radius 3 is 2.48 bits per heavy atom. The van der Waals surface area contributed by atoms with Crippen LogP contribution in [-0.2, 0) is 6.18 Å². The summed E-state index contributed by atoms with van der Waals surface area (Å²) < 4.78 is 67.4. The van der Waals surface area contributed by atoms with Crippen LogP contribution in [0.4, 0.5) is 22.0 Å². The minimum Gasteiger partial charge on any atom is -0.339 e. The summed E-state index contributed by atoms with van der Waals surface area (Å²) in [5.41, 5.74) is -2.57. The van der Waals surface area contributed by atoms with Gasteiger partial charge in [-0.05, 0) is 42.0 Å². The van der Waals surface area contributed by atoms with Gasteiger partial charge in [0.05, 0.1) is 17.2 Å². The predicted molar refractivity (Wildman–Crippen MR) is 92.0 cm³/mol. The van der Waals surface area contributed by atoms with E-state index in [-0.39, 0.29) is 11.1 Å². The molecule has 0 aliphatic rings. The Kier molecular flexibility index (Phi) is 5.44. The van der Waals surface area contributed by atoms with Gasteiger partial charge in [0, 0.05) is 18.5 Å². The molecule has 2 N–H and O–H groups in total. The molecule has 0 radical (unpaired) electrons. The smallest absolute Gasteiger partial charge is 0.339 e. The van der Waals surface area contributed by atoms with Crippen molar-refractivity contribution in [2.45, 2.75) is 12.2 Å². The number of carbonyl (C=O) groups excluding carboxylic acids is 1. The van der Waals surface area contributed by atoms with Crippen LogP contribution in [-0.4, -0.2) is 15.9 Å². The highest BCUT2D eigenvalue weighted by molar-refractivity contribution is 5.94. The van der Waals surface area contributed by atoms with E-state index < -0.39 is 46.6 Å². The number of carbonyl (C=O) groups is 1. The van der Waals surface area contributed by atoms with E-state index in [4.69, 9.17) is 0 Å². The number of aromatic amines is 1. The summed E-state index contributed by atoms with van der Waals surface area (Å²) in [6.07, 6.45) is -2.59. The van der Waals surface area contributed by atoms with Gasteiger partial charge in [0.15, 0.2) is 0 Å². The number of nitrogens with zero attached hydrogens (tertiary/aromatic N) is 1. The molecule has 150 valence electrons. The molecule has 3 rings (SSSR count). The Morgan fingerprint density at radius 1 is 1.10 bits per heavy atom. The van der Waals surface area contributed by atoms with Gasteiger partial charge < -0.3 is 10.3 Å². The summed E-state index contributed by atoms with van der Waals surface area (Å²) in [7, 11) is 0. The topological polar surface area (TPSA) is 74.8 Å². The van der Waals surface area contributed by atoms with Gasteiger partial charge in [0.2, 0.25) is 5.56 Å². The molecule has 0 bridgehead atoms. The molecule has 2 aromatic heterocycles. The Morgan fingerprint density at radius 2 is 1.86 bits per heavy atom. The average molecular weight is 409 g/mol. The molecule has 0 spiro atoms.